The molecule has 3 aromatic heterocycles. The molecule has 0 amide bonds. The highest BCUT2D eigenvalue weighted by atomic mass is 16.5. The number of ether oxygens (including phenoxy) is 1. The van der Waals surface area contributed by atoms with E-state index in [-0.39, 0.29) is 27.1 Å². The van der Waals surface area contributed by atoms with Gasteiger partial charge in [-0.15, -0.1) is 0 Å². The number of anilines is 4. The Balaban J connectivity index is 1.02. The molecule has 0 fully saturated rings. The first-order chi connectivity index (χ1) is 41.7. The Morgan fingerprint density at radius 1 is 0.455 bits per heavy atom. The molecule has 0 aliphatic carbocycles. The van der Waals surface area contributed by atoms with Crippen LogP contribution in [0.1, 0.15) is 132 Å². The van der Waals surface area contributed by atoms with E-state index in [1.165, 1.54) is 55.6 Å². The molecule has 7 nitrogen and oxygen atoms in total. The Bertz CT molecular complexity index is 4660. The Hall–Kier alpha value is -9.38. The van der Waals surface area contributed by atoms with Crippen LogP contribution >= 0.6 is 0 Å². The molecule has 1 aliphatic heterocycles. The van der Waals surface area contributed by atoms with Crippen molar-refractivity contribution in [2.75, 3.05) is 16.5 Å². The highest BCUT2D eigenvalue weighted by Crippen LogP contribution is 2.53. The van der Waals surface area contributed by atoms with Crippen LogP contribution in [0.5, 0.6) is 11.5 Å². The zero-order chi connectivity index (χ0) is 62.0. The number of furan rings is 1. The summed E-state index contributed by atoms with van der Waals surface area (Å²) in [4.78, 5) is 13.9. The van der Waals surface area contributed by atoms with Crippen LogP contribution in [-0.4, -0.2) is 16.2 Å². The fraction of sp³-hybridized carbons (Fsp3) is 0.259. The standard InChI is InChI=1S/C81H79N5O2/c1-77(2,3)53-34-30-50(31-35-53)59-22-19-23-60(51-32-36-54(37-33-51)78(4,5)6)74(59)85-49-84(67-28-17-18-29-68(67)85)56-44-52(72-64(80(10,11)12)25-21-26-65(72)81(13,14)15)45-58(47-56)87-57-38-39-63-70(48-57)86(71-46-55(42-43-83-71)79(7,8)9)69-41-40-62-61-24-20-27-66(82-16)75(61)88-76(62)73(63)69/h17-48H,49H2,1-15H3. The van der Waals surface area contributed by atoms with Crippen LogP contribution in [0, 0.1) is 6.57 Å². The third-order valence-corrected chi connectivity index (χ3v) is 17.9. The molecule has 0 saturated carbocycles. The van der Waals surface area contributed by atoms with Gasteiger partial charge < -0.3 is 19.0 Å². The Morgan fingerprint density at radius 2 is 1.02 bits per heavy atom. The van der Waals surface area contributed by atoms with Gasteiger partial charge in [0.25, 0.3) is 0 Å². The van der Waals surface area contributed by atoms with Crippen molar-refractivity contribution >= 4 is 72.2 Å². The molecule has 12 aromatic rings. The second-order valence-corrected chi connectivity index (χ2v) is 29.3. The van der Waals surface area contributed by atoms with Crippen molar-refractivity contribution in [3.63, 3.8) is 0 Å². The number of aromatic nitrogens is 2. The number of nitrogens with zero attached hydrogens (tertiary/aromatic N) is 5. The SMILES string of the molecule is [C-]#[N+]c1cccc2c1oc1c2ccc2c1c1ccc(Oc3cc(-c4c(C(C)(C)C)cccc4C(C)(C)C)cc(N4CN(c5c(-c6ccc(C(C)(C)C)cc6)cccc5-c5ccc(C(C)(C)C)cc5)c5ccccc54)c3)cc1n2-c1cc(C(C)(C)C)ccn1. The monoisotopic (exact) mass is 1150 g/mol. The first-order valence-corrected chi connectivity index (χ1v) is 31.0. The molecule has 1 aliphatic rings. The van der Waals surface area contributed by atoms with E-state index in [1.807, 2.05) is 24.4 Å². The number of hydrogen-bond acceptors (Lipinski definition) is 5. The van der Waals surface area contributed by atoms with Crippen LogP contribution in [0.2, 0.25) is 0 Å². The summed E-state index contributed by atoms with van der Waals surface area (Å²) >= 11 is 0. The second-order valence-electron chi connectivity index (χ2n) is 29.3. The number of pyridine rings is 1. The molecule has 7 heteroatoms. The Kier molecular flexibility index (Phi) is 13.7. The summed E-state index contributed by atoms with van der Waals surface area (Å²) in [5.41, 5.74) is 21.0. The fourth-order valence-corrected chi connectivity index (χ4v) is 13.1. The summed E-state index contributed by atoms with van der Waals surface area (Å²) in [6.45, 7) is 42.8. The number of rotatable bonds is 8. The maximum atomic E-state index is 8.02. The fourth-order valence-electron chi connectivity index (χ4n) is 13.1. The van der Waals surface area contributed by atoms with Crippen molar-refractivity contribution in [2.45, 2.75) is 131 Å². The lowest BCUT2D eigenvalue weighted by molar-refractivity contribution is 0.483. The molecule has 440 valence electrons. The minimum atomic E-state index is -0.180. The molecular formula is C81H79N5O2. The Labute approximate surface area is 519 Å². The summed E-state index contributed by atoms with van der Waals surface area (Å²) in [5, 5.41) is 3.83. The summed E-state index contributed by atoms with van der Waals surface area (Å²) in [5.74, 6) is 2.19. The summed E-state index contributed by atoms with van der Waals surface area (Å²) in [7, 11) is 0. The van der Waals surface area contributed by atoms with Gasteiger partial charge in [-0.1, -0.05) is 219 Å². The van der Waals surface area contributed by atoms with E-state index < -0.39 is 0 Å². The van der Waals surface area contributed by atoms with E-state index in [0.29, 0.717) is 29.4 Å². The van der Waals surface area contributed by atoms with Gasteiger partial charge in [0.1, 0.15) is 35.2 Å². The average molecular weight is 1150 g/mol. The van der Waals surface area contributed by atoms with Crippen LogP contribution in [0.4, 0.5) is 28.4 Å². The Morgan fingerprint density at radius 3 is 1.61 bits per heavy atom. The zero-order valence-electron chi connectivity index (χ0n) is 53.7. The predicted molar refractivity (Wildman–Crippen MR) is 370 cm³/mol. The first-order valence-electron chi connectivity index (χ1n) is 31.0. The first kappa shape index (κ1) is 57.7. The van der Waals surface area contributed by atoms with Crippen LogP contribution in [0.25, 0.3) is 87.8 Å². The zero-order valence-corrected chi connectivity index (χ0v) is 53.7. The maximum absolute atomic E-state index is 8.02. The van der Waals surface area contributed by atoms with E-state index in [2.05, 4.69) is 293 Å². The molecular weight excluding hydrogens is 1070 g/mol. The average Bonchev–Trinajstić information content (AvgIpc) is 1.55. The highest BCUT2D eigenvalue weighted by molar-refractivity contribution is 6.24. The molecule has 0 radical (unpaired) electrons. The van der Waals surface area contributed by atoms with Crippen molar-refractivity contribution in [3.8, 4) is 50.7 Å². The quantitative estimate of drug-likeness (QED) is 0.142. The highest BCUT2D eigenvalue weighted by Gasteiger charge is 2.34. The minimum Gasteiger partial charge on any atom is -0.466 e. The van der Waals surface area contributed by atoms with Gasteiger partial charge in [-0.25, -0.2) is 9.83 Å². The van der Waals surface area contributed by atoms with Gasteiger partial charge in [0.05, 0.1) is 40.1 Å². The molecule has 13 rings (SSSR count). The predicted octanol–water partition coefficient (Wildman–Crippen LogP) is 23.2. The second kappa shape index (κ2) is 20.9. The number of fused-ring (bicyclic) bond motifs is 8. The largest absolute Gasteiger partial charge is 0.466 e. The van der Waals surface area contributed by atoms with Crippen LogP contribution < -0.4 is 14.5 Å². The van der Waals surface area contributed by atoms with Gasteiger partial charge >= 0.3 is 0 Å². The lowest BCUT2D eigenvalue weighted by Crippen LogP contribution is -2.25. The summed E-state index contributed by atoms with van der Waals surface area (Å²) < 4.78 is 16.5. The van der Waals surface area contributed by atoms with Crippen molar-refractivity contribution in [2.24, 2.45) is 0 Å². The normalized spacial score (nSPS) is 13.3. The van der Waals surface area contributed by atoms with Crippen LogP contribution in [-0.2, 0) is 27.1 Å². The molecule has 88 heavy (non-hydrogen) atoms. The van der Waals surface area contributed by atoms with E-state index in [0.717, 1.165) is 72.3 Å². The van der Waals surface area contributed by atoms with E-state index in [1.54, 1.807) is 0 Å². The number of benzene rings is 9. The van der Waals surface area contributed by atoms with Gasteiger partial charge in [0.15, 0.2) is 0 Å². The molecule has 0 bridgehead atoms. The van der Waals surface area contributed by atoms with Crippen molar-refractivity contribution in [3.05, 3.63) is 233 Å². The third kappa shape index (κ3) is 10.2. The summed E-state index contributed by atoms with van der Waals surface area (Å²) in [6.07, 6.45) is 1.91. The van der Waals surface area contributed by atoms with Crippen molar-refractivity contribution in [1.29, 1.82) is 0 Å². The topological polar surface area (TPSA) is 51.0 Å². The van der Waals surface area contributed by atoms with Gasteiger partial charge in [-0.3, -0.25) is 4.57 Å². The molecule has 9 aromatic carbocycles. The molecule has 0 saturated heterocycles. The van der Waals surface area contributed by atoms with Crippen molar-refractivity contribution in [1.82, 2.24) is 9.55 Å². The molecule has 4 heterocycles. The van der Waals surface area contributed by atoms with E-state index in [4.69, 9.17) is 20.7 Å². The minimum absolute atomic E-state index is 0.0160. The van der Waals surface area contributed by atoms with Gasteiger partial charge in [0.2, 0.25) is 5.69 Å². The number of hydrogen-bond donors (Lipinski definition) is 0. The number of para-hydroxylation sites is 4. The van der Waals surface area contributed by atoms with Crippen molar-refractivity contribution < 1.29 is 9.15 Å². The van der Waals surface area contributed by atoms with E-state index >= 15 is 0 Å². The van der Waals surface area contributed by atoms with Crippen LogP contribution in [0.3, 0.4) is 0 Å². The lowest BCUT2D eigenvalue weighted by atomic mass is 9.74. The maximum Gasteiger partial charge on any atom is 0.229 e. The molecule has 0 unspecified atom stereocenters. The summed E-state index contributed by atoms with van der Waals surface area (Å²) in [6, 6.07) is 68.6. The van der Waals surface area contributed by atoms with Gasteiger partial charge in [-0.2, -0.15) is 0 Å². The van der Waals surface area contributed by atoms with Gasteiger partial charge in [0, 0.05) is 51.3 Å². The van der Waals surface area contributed by atoms with Crippen LogP contribution in [0.15, 0.2) is 199 Å². The molecule has 0 N–H and O–H groups in total. The molecule has 0 atom stereocenters. The van der Waals surface area contributed by atoms with Gasteiger partial charge in [-0.05, 0) is 138 Å². The third-order valence-electron chi connectivity index (χ3n) is 17.9. The molecule has 0 spiro atoms. The smallest absolute Gasteiger partial charge is 0.229 e. The lowest BCUT2D eigenvalue weighted by Gasteiger charge is -2.31. The van der Waals surface area contributed by atoms with E-state index in [9.17, 15) is 0 Å².